The Morgan fingerprint density at radius 2 is 1.81 bits per heavy atom. The van der Waals surface area contributed by atoms with Crippen molar-refractivity contribution in [3.8, 4) is 11.5 Å². The fourth-order valence-corrected chi connectivity index (χ4v) is 5.35. The van der Waals surface area contributed by atoms with Crippen molar-refractivity contribution in [3.05, 3.63) is 59.0 Å². The Balaban J connectivity index is 1.75. The third-order valence-electron chi connectivity index (χ3n) is 5.94. The first-order chi connectivity index (χ1) is 15.1. The van der Waals surface area contributed by atoms with Crippen LogP contribution >= 0.6 is 11.8 Å². The highest BCUT2D eigenvalue weighted by atomic mass is 32.2. The minimum atomic E-state index is 0.0169. The van der Waals surface area contributed by atoms with Gasteiger partial charge in [0, 0.05) is 11.6 Å². The van der Waals surface area contributed by atoms with Gasteiger partial charge in [-0.15, -0.1) is 0 Å². The number of aliphatic imine (C=N–C) groups is 1. The molecule has 1 aliphatic heterocycles. The molecule has 1 aliphatic carbocycles. The normalized spacial score (nSPS) is 24.1. The standard InChI is InChI=1S/C25H28N2O3S/c1-17-10-7-8-14-20(17)27-24(28)22(31-25(27)26-19-12-5-4-6-13-19)16-18-11-9-15-21(29-2)23(18)30-3/h4-6,9,11-13,15-17,20H,7-8,10,14H2,1-3H3/b22-16-,26-25?/t17-,20-/m1/s1. The lowest BCUT2D eigenvalue weighted by molar-refractivity contribution is -0.124. The van der Waals surface area contributed by atoms with Gasteiger partial charge in [0.25, 0.3) is 5.91 Å². The van der Waals surface area contributed by atoms with Crippen LogP contribution < -0.4 is 9.47 Å². The molecule has 2 fully saturated rings. The molecule has 4 rings (SSSR count). The van der Waals surface area contributed by atoms with Gasteiger partial charge >= 0.3 is 0 Å². The fraction of sp³-hybridized carbons (Fsp3) is 0.360. The summed E-state index contributed by atoms with van der Waals surface area (Å²) in [4.78, 5) is 21.0. The van der Waals surface area contributed by atoms with Crippen LogP contribution in [0.2, 0.25) is 0 Å². The average Bonchev–Trinajstić information content (AvgIpc) is 3.09. The molecule has 1 heterocycles. The molecule has 2 aromatic rings. The summed E-state index contributed by atoms with van der Waals surface area (Å²) in [5, 5.41) is 0.753. The second-order valence-electron chi connectivity index (χ2n) is 7.93. The van der Waals surface area contributed by atoms with E-state index in [1.807, 2.05) is 59.5 Å². The lowest BCUT2D eigenvalue weighted by Gasteiger charge is -2.35. The molecule has 0 spiro atoms. The molecule has 0 aromatic heterocycles. The van der Waals surface area contributed by atoms with Gasteiger partial charge in [0.05, 0.1) is 24.8 Å². The number of hydrogen-bond donors (Lipinski definition) is 0. The molecule has 1 amide bonds. The van der Waals surface area contributed by atoms with E-state index in [1.165, 1.54) is 18.2 Å². The molecular formula is C25H28N2O3S. The van der Waals surface area contributed by atoms with Crippen LogP contribution in [0, 0.1) is 5.92 Å². The fourth-order valence-electron chi connectivity index (χ4n) is 4.32. The number of amidine groups is 1. The van der Waals surface area contributed by atoms with Crippen molar-refractivity contribution in [1.82, 2.24) is 4.90 Å². The Kier molecular flexibility index (Phi) is 6.66. The van der Waals surface area contributed by atoms with Crippen LogP contribution in [0.15, 0.2) is 58.4 Å². The van der Waals surface area contributed by atoms with E-state index >= 15 is 0 Å². The second-order valence-corrected chi connectivity index (χ2v) is 8.94. The molecule has 6 heteroatoms. The highest BCUT2D eigenvalue weighted by Crippen LogP contribution is 2.41. The van der Waals surface area contributed by atoms with Crippen molar-refractivity contribution in [2.75, 3.05) is 14.2 Å². The first-order valence-electron chi connectivity index (χ1n) is 10.7. The predicted molar refractivity (Wildman–Crippen MR) is 127 cm³/mol. The molecule has 0 unspecified atom stereocenters. The number of hydrogen-bond acceptors (Lipinski definition) is 5. The van der Waals surface area contributed by atoms with Crippen LogP contribution in [0.5, 0.6) is 11.5 Å². The van der Waals surface area contributed by atoms with Crippen molar-refractivity contribution < 1.29 is 14.3 Å². The maximum atomic E-state index is 13.6. The average molecular weight is 437 g/mol. The summed E-state index contributed by atoms with van der Waals surface area (Å²) in [6, 6.07) is 15.7. The zero-order valence-electron chi connectivity index (χ0n) is 18.2. The number of nitrogens with zero attached hydrogens (tertiary/aromatic N) is 2. The molecule has 0 radical (unpaired) electrons. The summed E-state index contributed by atoms with van der Waals surface area (Å²) < 4.78 is 11.0. The van der Waals surface area contributed by atoms with Gasteiger partial charge in [-0.1, -0.05) is 50.1 Å². The van der Waals surface area contributed by atoms with Gasteiger partial charge in [-0.3, -0.25) is 9.69 Å². The first kappa shape index (κ1) is 21.5. The monoisotopic (exact) mass is 436 g/mol. The van der Waals surface area contributed by atoms with E-state index < -0.39 is 0 Å². The Bertz CT molecular complexity index is 1000. The predicted octanol–water partition coefficient (Wildman–Crippen LogP) is 5.89. The van der Waals surface area contributed by atoms with Crippen LogP contribution in [0.4, 0.5) is 5.69 Å². The number of para-hydroxylation sites is 2. The molecule has 31 heavy (non-hydrogen) atoms. The highest BCUT2D eigenvalue weighted by molar-refractivity contribution is 8.18. The third-order valence-corrected chi connectivity index (χ3v) is 6.92. The Morgan fingerprint density at radius 3 is 2.52 bits per heavy atom. The van der Waals surface area contributed by atoms with E-state index in [-0.39, 0.29) is 11.9 Å². The van der Waals surface area contributed by atoms with Crippen LogP contribution in [0.1, 0.15) is 38.2 Å². The maximum absolute atomic E-state index is 13.6. The summed E-state index contributed by atoms with van der Waals surface area (Å²) in [7, 11) is 3.23. The number of benzene rings is 2. The van der Waals surface area contributed by atoms with Crippen LogP contribution in [0.25, 0.3) is 6.08 Å². The number of carbonyl (C=O) groups is 1. The molecule has 162 valence electrons. The zero-order valence-corrected chi connectivity index (χ0v) is 19.0. The molecule has 2 atom stereocenters. The summed E-state index contributed by atoms with van der Waals surface area (Å²) in [6.45, 7) is 2.24. The van der Waals surface area contributed by atoms with Crippen LogP contribution in [0.3, 0.4) is 0 Å². The molecular weight excluding hydrogens is 408 g/mol. The van der Waals surface area contributed by atoms with Gasteiger partial charge < -0.3 is 9.47 Å². The quantitative estimate of drug-likeness (QED) is 0.549. The van der Waals surface area contributed by atoms with E-state index in [4.69, 9.17) is 14.5 Å². The van der Waals surface area contributed by atoms with Crippen LogP contribution in [-0.2, 0) is 4.79 Å². The number of rotatable bonds is 5. The lowest BCUT2D eigenvalue weighted by Crippen LogP contribution is -2.44. The summed E-state index contributed by atoms with van der Waals surface area (Å²) in [5.41, 5.74) is 1.67. The largest absolute Gasteiger partial charge is 0.493 e. The minimum Gasteiger partial charge on any atom is -0.493 e. The molecule has 2 aromatic carbocycles. The number of carbonyl (C=O) groups excluding carboxylic acids is 1. The number of ether oxygens (including phenoxy) is 2. The van der Waals surface area contributed by atoms with Gasteiger partial charge in [0.2, 0.25) is 0 Å². The first-order valence-corrected chi connectivity index (χ1v) is 11.5. The maximum Gasteiger partial charge on any atom is 0.267 e. The second kappa shape index (κ2) is 9.60. The number of amides is 1. The molecule has 2 aliphatic rings. The molecule has 5 nitrogen and oxygen atoms in total. The molecule has 0 bridgehead atoms. The zero-order chi connectivity index (χ0) is 21.8. The van der Waals surface area contributed by atoms with Gasteiger partial charge in [0.15, 0.2) is 16.7 Å². The Hall–Kier alpha value is -2.73. The summed E-state index contributed by atoms with van der Waals surface area (Å²) in [5.74, 6) is 1.73. The van der Waals surface area contributed by atoms with Gasteiger partial charge in [0.1, 0.15) is 0 Å². The van der Waals surface area contributed by atoms with E-state index in [0.29, 0.717) is 22.3 Å². The van der Waals surface area contributed by atoms with Gasteiger partial charge in [-0.25, -0.2) is 4.99 Å². The van der Waals surface area contributed by atoms with Crippen molar-refractivity contribution in [3.63, 3.8) is 0 Å². The smallest absolute Gasteiger partial charge is 0.267 e. The summed E-state index contributed by atoms with van der Waals surface area (Å²) in [6.07, 6.45) is 6.41. The SMILES string of the molecule is COc1cccc(/C=C2\SC(=Nc3ccccc3)N([C@@H]3CCCC[C@H]3C)C2=O)c1OC. The Labute approximate surface area is 188 Å². The van der Waals surface area contributed by atoms with E-state index in [0.717, 1.165) is 35.7 Å². The van der Waals surface area contributed by atoms with Crippen LogP contribution in [-0.4, -0.2) is 36.2 Å². The summed E-state index contributed by atoms with van der Waals surface area (Å²) >= 11 is 1.44. The van der Waals surface area contributed by atoms with Crippen molar-refractivity contribution in [1.29, 1.82) is 0 Å². The van der Waals surface area contributed by atoms with Gasteiger partial charge in [-0.05, 0) is 54.8 Å². The number of methoxy groups -OCH3 is 2. The highest BCUT2D eigenvalue weighted by Gasteiger charge is 2.41. The van der Waals surface area contributed by atoms with E-state index in [9.17, 15) is 4.79 Å². The third kappa shape index (κ3) is 4.49. The molecule has 0 N–H and O–H groups in total. The van der Waals surface area contributed by atoms with Crippen molar-refractivity contribution >= 4 is 34.6 Å². The van der Waals surface area contributed by atoms with Gasteiger partial charge in [-0.2, -0.15) is 0 Å². The van der Waals surface area contributed by atoms with E-state index in [1.54, 1.807) is 14.2 Å². The van der Waals surface area contributed by atoms with Crippen molar-refractivity contribution in [2.24, 2.45) is 10.9 Å². The lowest BCUT2D eigenvalue weighted by atomic mass is 9.85. The number of thioether (sulfide) groups is 1. The topological polar surface area (TPSA) is 51.1 Å². The molecule has 1 saturated heterocycles. The van der Waals surface area contributed by atoms with E-state index in [2.05, 4.69) is 6.92 Å². The van der Waals surface area contributed by atoms with Crippen molar-refractivity contribution in [2.45, 2.75) is 38.6 Å². The minimum absolute atomic E-state index is 0.0169. The Morgan fingerprint density at radius 1 is 1.03 bits per heavy atom. The molecule has 1 saturated carbocycles.